The Morgan fingerprint density at radius 2 is 1.94 bits per heavy atom. The number of pyridine rings is 1. The molecule has 2 nitrogen and oxygen atoms in total. The number of hydrogen-bond donors (Lipinski definition) is 0. The molecule has 86 valence electrons. The van der Waals surface area contributed by atoms with E-state index in [1.165, 1.54) is 16.7 Å². The number of methoxy groups -OCH3 is 1. The summed E-state index contributed by atoms with van der Waals surface area (Å²) in [7, 11) is 1.70. The molecule has 0 unspecified atom stereocenters. The minimum absolute atomic E-state index is 0.0329. The molecule has 1 aliphatic rings. The molecule has 0 radical (unpaired) electrons. The van der Waals surface area contributed by atoms with Gasteiger partial charge < -0.3 is 4.74 Å². The van der Waals surface area contributed by atoms with Crippen molar-refractivity contribution in [3.05, 3.63) is 47.7 Å². The van der Waals surface area contributed by atoms with Crippen LogP contribution >= 0.6 is 0 Å². The van der Waals surface area contributed by atoms with Gasteiger partial charge in [0.05, 0.1) is 12.8 Å². The summed E-state index contributed by atoms with van der Waals surface area (Å²) in [4.78, 5) is 4.52. The maximum absolute atomic E-state index is 5.29. The maximum Gasteiger partial charge on any atom is 0.119 e. The van der Waals surface area contributed by atoms with Crippen LogP contribution in [0.1, 0.15) is 25.0 Å². The van der Waals surface area contributed by atoms with E-state index in [0.717, 1.165) is 11.4 Å². The molecule has 0 saturated carbocycles. The van der Waals surface area contributed by atoms with Gasteiger partial charge in [-0.3, -0.25) is 4.98 Å². The van der Waals surface area contributed by atoms with E-state index in [2.05, 4.69) is 37.0 Å². The first-order valence-electron chi connectivity index (χ1n) is 5.79. The van der Waals surface area contributed by atoms with E-state index in [-0.39, 0.29) is 5.41 Å². The van der Waals surface area contributed by atoms with E-state index in [1.807, 2.05) is 18.3 Å². The Morgan fingerprint density at radius 1 is 1.12 bits per heavy atom. The number of ether oxygens (including phenoxy) is 1. The first kappa shape index (κ1) is 10.3. The number of aromatic nitrogens is 1. The summed E-state index contributed by atoms with van der Waals surface area (Å²) in [5.41, 5.74) is 4.94. The lowest BCUT2D eigenvalue weighted by atomic mass is 9.83. The zero-order valence-corrected chi connectivity index (χ0v) is 10.3. The van der Waals surface area contributed by atoms with Gasteiger partial charge in [-0.1, -0.05) is 26.0 Å². The van der Waals surface area contributed by atoms with Crippen molar-refractivity contribution in [1.82, 2.24) is 4.98 Å². The summed E-state index contributed by atoms with van der Waals surface area (Å²) < 4.78 is 5.29. The molecule has 0 aliphatic heterocycles. The highest BCUT2D eigenvalue weighted by atomic mass is 16.5. The van der Waals surface area contributed by atoms with Crippen molar-refractivity contribution >= 4 is 0 Å². The third-order valence-electron chi connectivity index (χ3n) is 3.64. The Kier molecular flexibility index (Phi) is 2.02. The first-order valence-corrected chi connectivity index (χ1v) is 5.79. The Morgan fingerprint density at radius 3 is 2.71 bits per heavy atom. The van der Waals surface area contributed by atoms with Crippen molar-refractivity contribution < 1.29 is 4.74 Å². The van der Waals surface area contributed by atoms with Crippen LogP contribution in [0.4, 0.5) is 0 Å². The van der Waals surface area contributed by atoms with E-state index in [1.54, 1.807) is 7.11 Å². The van der Waals surface area contributed by atoms with Crippen molar-refractivity contribution in [2.75, 3.05) is 7.11 Å². The van der Waals surface area contributed by atoms with E-state index >= 15 is 0 Å². The highest BCUT2D eigenvalue weighted by Gasteiger charge is 2.36. The molecule has 0 atom stereocenters. The largest absolute Gasteiger partial charge is 0.497 e. The predicted octanol–water partition coefficient (Wildman–Crippen LogP) is 3.40. The van der Waals surface area contributed by atoms with Crippen LogP contribution in [0.3, 0.4) is 0 Å². The van der Waals surface area contributed by atoms with Crippen LogP contribution in [0.5, 0.6) is 5.75 Å². The molecule has 0 saturated heterocycles. The summed E-state index contributed by atoms with van der Waals surface area (Å²) in [5.74, 6) is 0.887. The molecule has 0 N–H and O–H groups in total. The average Bonchev–Trinajstić information content (AvgIpc) is 2.59. The molecule has 1 heterocycles. The van der Waals surface area contributed by atoms with Crippen LogP contribution in [-0.4, -0.2) is 12.1 Å². The van der Waals surface area contributed by atoms with Crippen molar-refractivity contribution in [1.29, 1.82) is 0 Å². The molecule has 0 amide bonds. The lowest BCUT2D eigenvalue weighted by Gasteiger charge is -2.20. The fraction of sp³-hybridized carbons (Fsp3) is 0.267. The Hall–Kier alpha value is -1.83. The Labute approximate surface area is 101 Å². The molecule has 1 aromatic carbocycles. The summed E-state index contributed by atoms with van der Waals surface area (Å²) in [6.07, 6.45) is 1.85. The van der Waals surface area contributed by atoms with Gasteiger partial charge in [0.15, 0.2) is 0 Å². The van der Waals surface area contributed by atoms with Crippen molar-refractivity contribution in [2.24, 2.45) is 0 Å². The molecule has 0 spiro atoms. The number of fused-ring (bicyclic) bond motifs is 3. The minimum Gasteiger partial charge on any atom is -0.497 e. The van der Waals surface area contributed by atoms with Gasteiger partial charge in [-0.2, -0.15) is 0 Å². The van der Waals surface area contributed by atoms with Gasteiger partial charge in [0.1, 0.15) is 5.75 Å². The third-order valence-corrected chi connectivity index (χ3v) is 3.64. The van der Waals surface area contributed by atoms with Crippen LogP contribution in [-0.2, 0) is 5.41 Å². The highest BCUT2D eigenvalue weighted by molar-refractivity contribution is 5.78. The van der Waals surface area contributed by atoms with Gasteiger partial charge in [0.2, 0.25) is 0 Å². The standard InChI is InChI=1S/C15H15NO/c1-15(2)12-7-6-10(17-3)9-11(12)14-13(15)5-4-8-16-14/h4-9H,1-3H3. The van der Waals surface area contributed by atoms with Gasteiger partial charge in [-0.25, -0.2) is 0 Å². The number of benzene rings is 1. The third kappa shape index (κ3) is 1.30. The second-order valence-electron chi connectivity index (χ2n) is 4.94. The molecule has 17 heavy (non-hydrogen) atoms. The van der Waals surface area contributed by atoms with Gasteiger partial charge in [-0.15, -0.1) is 0 Å². The Balaban J connectivity index is 2.33. The lowest BCUT2D eigenvalue weighted by Crippen LogP contribution is -2.14. The zero-order valence-electron chi connectivity index (χ0n) is 10.3. The minimum atomic E-state index is 0.0329. The van der Waals surface area contributed by atoms with Gasteiger partial charge in [0.25, 0.3) is 0 Å². The predicted molar refractivity (Wildman–Crippen MR) is 68.4 cm³/mol. The molecule has 2 aromatic rings. The molecule has 3 rings (SSSR count). The smallest absolute Gasteiger partial charge is 0.119 e. The zero-order chi connectivity index (χ0) is 12.0. The summed E-state index contributed by atoms with van der Waals surface area (Å²) in [5, 5.41) is 0. The first-order chi connectivity index (χ1) is 8.14. The number of hydrogen-bond acceptors (Lipinski definition) is 2. The van der Waals surface area contributed by atoms with Crippen LogP contribution in [0, 0.1) is 0 Å². The molecule has 1 aliphatic carbocycles. The molecular formula is C15H15NO. The fourth-order valence-corrected chi connectivity index (χ4v) is 2.66. The van der Waals surface area contributed by atoms with Crippen molar-refractivity contribution in [3.63, 3.8) is 0 Å². The normalized spacial score (nSPS) is 15.2. The van der Waals surface area contributed by atoms with Crippen LogP contribution in [0.25, 0.3) is 11.3 Å². The second-order valence-corrected chi connectivity index (χ2v) is 4.94. The summed E-state index contributed by atoms with van der Waals surface area (Å²) in [6.45, 7) is 4.48. The molecule has 2 heteroatoms. The fourth-order valence-electron chi connectivity index (χ4n) is 2.66. The van der Waals surface area contributed by atoms with E-state index in [0.29, 0.717) is 0 Å². The monoisotopic (exact) mass is 225 g/mol. The van der Waals surface area contributed by atoms with Crippen LogP contribution in [0.2, 0.25) is 0 Å². The quantitative estimate of drug-likeness (QED) is 0.742. The van der Waals surface area contributed by atoms with Crippen LogP contribution in [0.15, 0.2) is 36.5 Å². The summed E-state index contributed by atoms with van der Waals surface area (Å²) >= 11 is 0. The highest BCUT2D eigenvalue weighted by Crippen LogP contribution is 2.48. The SMILES string of the molecule is COc1ccc2c(c1)-c1ncccc1C2(C)C. The lowest BCUT2D eigenvalue weighted by molar-refractivity contribution is 0.414. The molecule has 1 aromatic heterocycles. The Bertz CT molecular complexity index is 587. The number of nitrogens with zero attached hydrogens (tertiary/aromatic N) is 1. The van der Waals surface area contributed by atoms with E-state index in [4.69, 9.17) is 4.74 Å². The van der Waals surface area contributed by atoms with Gasteiger partial charge >= 0.3 is 0 Å². The van der Waals surface area contributed by atoms with E-state index < -0.39 is 0 Å². The molecule has 0 bridgehead atoms. The molecule has 0 fully saturated rings. The van der Waals surface area contributed by atoms with Crippen molar-refractivity contribution in [3.8, 4) is 17.0 Å². The second kappa shape index (κ2) is 3.33. The number of rotatable bonds is 1. The maximum atomic E-state index is 5.29. The summed E-state index contributed by atoms with van der Waals surface area (Å²) in [6, 6.07) is 10.4. The average molecular weight is 225 g/mol. The van der Waals surface area contributed by atoms with Gasteiger partial charge in [-0.05, 0) is 29.3 Å². The van der Waals surface area contributed by atoms with Crippen LogP contribution < -0.4 is 4.74 Å². The van der Waals surface area contributed by atoms with Crippen molar-refractivity contribution in [2.45, 2.75) is 19.3 Å². The molecular weight excluding hydrogens is 210 g/mol. The van der Waals surface area contributed by atoms with Gasteiger partial charge in [0, 0.05) is 17.2 Å². The van der Waals surface area contributed by atoms with E-state index in [9.17, 15) is 0 Å². The topological polar surface area (TPSA) is 22.1 Å².